The highest BCUT2D eigenvalue weighted by atomic mass is 14.6. The molecule has 0 fully saturated rings. The Bertz CT molecular complexity index is 213. The normalized spacial score (nSPS) is 9.30. The first kappa shape index (κ1) is 7.00. The molecular weight excluding hydrogens is 122 g/mol. The first-order valence-electron chi connectivity index (χ1n) is 3.32. The Morgan fingerprint density at radius 3 is 3.00 bits per heavy atom. The van der Waals surface area contributed by atoms with Crippen LogP contribution in [-0.4, -0.2) is 4.98 Å². The summed E-state index contributed by atoms with van der Waals surface area (Å²) in [5.41, 5.74) is 2.41. The smallest absolute Gasteiger partial charge is 0.0303 e. The second-order valence-electron chi connectivity index (χ2n) is 2.50. The molecule has 0 atom stereocenters. The lowest BCUT2D eigenvalue weighted by molar-refractivity contribution is 1.12. The van der Waals surface area contributed by atoms with Crippen LogP contribution in [0.5, 0.6) is 0 Å². The monoisotopic (exact) mass is 133 g/mol. The molecule has 1 aromatic rings. The number of allylic oxidation sites excluding steroid dienone is 1. The van der Waals surface area contributed by atoms with Crippen molar-refractivity contribution in [3.05, 3.63) is 42.2 Å². The average Bonchev–Trinajstić information content (AvgIpc) is 1.88. The van der Waals surface area contributed by atoms with Crippen molar-refractivity contribution in [2.24, 2.45) is 0 Å². The van der Waals surface area contributed by atoms with E-state index in [1.165, 1.54) is 11.1 Å². The standard InChI is InChI=1S/C9H11N/c1-8(2)6-9-4-3-5-10-7-9/h3-5,7H,1,6H2,2H3. The molecule has 0 N–H and O–H groups in total. The van der Waals surface area contributed by atoms with E-state index in [4.69, 9.17) is 0 Å². The lowest BCUT2D eigenvalue weighted by Gasteiger charge is -1.96. The van der Waals surface area contributed by atoms with E-state index >= 15 is 0 Å². The highest BCUT2D eigenvalue weighted by Gasteiger charge is 1.89. The van der Waals surface area contributed by atoms with Crippen LogP contribution < -0.4 is 0 Å². The Balaban J connectivity index is 2.67. The van der Waals surface area contributed by atoms with Gasteiger partial charge in [0.25, 0.3) is 0 Å². The zero-order valence-corrected chi connectivity index (χ0v) is 6.17. The Labute approximate surface area is 61.4 Å². The fourth-order valence-electron chi connectivity index (χ4n) is 0.851. The van der Waals surface area contributed by atoms with Crippen LogP contribution in [0, 0.1) is 0 Å². The summed E-state index contributed by atoms with van der Waals surface area (Å²) in [6, 6.07) is 4.00. The molecule has 0 aromatic carbocycles. The molecule has 0 spiro atoms. The molecule has 0 unspecified atom stereocenters. The van der Waals surface area contributed by atoms with Gasteiger partial charge < -0.3 is 0 Å². The van der Waals surface area contributed by atoms with Crippen LogP contribution >= 0.6 is 0 Å². The Morgan fingerprint density at radius 1 is 1.70 bits per heavy atom. The molecule has 1 heteroatoms. The average molecular weight is 133 g/mol. The van der Waals surface area contributed by atoms with Crippen molar-refractivity contribution in [2.45, 2.75) is 13.3 Å². The minimum Gasteiger partial charge on any atom is -0.264 e. The number of rotatable bonds is 2. The van der Waals surface area contributed by atoms with Gasteiger partial charge in [-0.1, -0.05) is 18.2 Å². The quantitative estimate of drug-likeness (QED) is 0.563. The van der Waals surface area contributed by atoms with Gasteiger partial charge in [-0.3, -0.25) is 4.98 Å². The summed E-state index contributed by atoms with van der Waals surface area (Å²) in [7, 11) is 0. The van der Waals surface area contributed by atoms with E-state index in [9.17, 15) is 0 Å². The van der Waals surface area contributed by atoms with Crippen LogP contribution in [0.2, 0.25) is 0 Å². The zero-order valence-electron chi connectivity index (χ0n) is 6.17. The molecule has 0 saturated heterocycles. The molecule has 0 saturated carbocycles. The largest absolute Gasteiger partial charge is 0.264 e. The first-order valence-corrected chi connectivity index (χ1v) is 3.32. The summed E-state index contributed by atoms with van der Waals surface area (Å²) in [6.07, 6.45) is 4.59. The van der Waals surface area contributed by atoms with Gasteiger partial charge in [-0.25, -0.2) is 0 Å². The summed E-state index contributed by atoms with van der Waals surface area (Å²) >= 11 is 0. The maximum absolute atomic E-state index is 4.00. The van der Waals surface area contributed by atoms with Crippen LogP contribution in [0.4, 0.5) is 0 Å². The lowest BCUT2D eigenvalue weighted by atomic mass is 10.1. The number of hydrogen-bond acceptors (Lipinski definition) is 1. The van der Waals surface area contributed by atoms with Gasteiger partial charge in [0, 0.05) is 12.4 Å². The molecular formula is C9H11N. The Hall–Kier alpha value is -1.11. The highest BCUT2D eigenvalue weighted by molar-refractivity contribution is 5.15. The molecule has 1 rings (SSSR count). The Morgan fingerprint density at radius 2 is 2.50 bits per heavy atom. The summed E-state index contributed by atoms with van der Waals surface area (Å²) in [5, 5.41) is 0. The highest BCUT2D eigenvalue weighted by Crippen LogP contribution is 2.02. The maximum Gasteiger partial charge on any atom is 0.0303 e. The van der Waals surface area contributed by atoms with Crippen molar-refractivity contribution in [3.8, 4) is 0 Å². The van der Waals surface area contributed by atoms with E-state index < -0.39 is 0 Å². The minimum absolute atomic E-state index is 0.938. The fraction of sp³-hybridized carbons (Fsp3) is 0.222. The van der Waals surface area contributed by atoms with Crippen LogP contribution in [0.3, 0.4) is 0 Å². The van der Waals surface area contributed by atoms with Crippen molar-refractivity contribution in [3.63, 3.8) is 0 Å². The molecule has 10 heavy (non-hydrogen) atoms. The van der Waals surface area contributed by atoms with E-state index in [1.807, 2.05) is 19.2 Å². The minimum atomic E-state index is 0.938. The number of nitrogens with zero attached hydrogens (tertiary/aromatic N) is 1. The van der Waals surface area contributed by atoms with Gasteiger partial charge >= 0.3 is 0 Å². The predicted octanol–water partition coefficient (Wildman–Crippen LogP) is 2.20. The Kier molecular flexibility index (Phi) is 2.21. The van der Waals surface area contributed by atoms with E-state index in [1.54, 1.807) is 6.20 Å². The van der Waals surface area contributed by atoms with Gasteiger partial charge in [0.15, 0.2) is 0 Å². The lowest BCUT2D eigenvalue weighted by Crippen LogP contribution is -1.84. The van der Waals surface area contributed by atoms with Gasteiger partial charge in [0.2, 0.25) is 0 Å². The fourth-order valence-corrected chi connectivity index (χ4v) is 0.851. The molecule has 52 valence electrons. The van der Waals surface area contributed by atoms with Crippen molar-refractivity contribution >= 4 is 0 Å². The summed E-state index contributed by atoms with van der Waals surface area (Å²) in [4.78, 5) is 4.00. The summed E-state index contributed by atoms with van der Waals surface area (Å²) in [5.74, 6) is 0. The molecule has 1 nitrogen and oxygen atoms in total. The number of pyridine rings is 1. The third-order valence-electron chi connectivity index (χ3n) is 1.23. The van der Waals surface area contributed by atoms with Gasteiger partial charge in [-0.2, -0.15) is 0 Å². The van der Waals surface area contributed by atoms with Crippen LogP contribution in [0.1, 0.15) is 12.5 Å². The molecule has 0 aliphatic carbocycles. The van der Waals surface area contributed by atoms with Crippen molar-refractivity contribution in [2.75, 3.05) is 0 Å². The second-order valence-corrected chi connectivity index (χ2v) is 2.50. The van der Waals surface area contributed by atoms with Crippen molar-refractivity contribution < 1.29 is 0 Å². The molecule has 1 aromatic heterocycles. The third kappa shape index (κ3) is 2.02. The van der Waals surface area contributed by atoms with Crippen molar-refractivity contribution in [1.29, 1.82) is 0 Å². The predicted molar refractivity (Wildman–Crippen MR) is 42.8 cm³/mol. The molecule has 0 aliphatic heterocycles. The second kappa shape index (κ2) is 3.16. The SMILES string of the molecule is C=C(C)Cc1cccnc1. The van der Waals surface area contributed by atoms with E-state index in [-0.39, 0.29) is 0 Å². The number of aromatic nitrogens is 1. The van der Waals surface area contributed by atoms with E-state index in [0.717, 1.165) is 6.42 Å². The van der Waals surface area contributed by atoms with Gasteiger partial charge in [-0.05, 0) is 25.0 Å². The molecule has 0 amide bonds. The van der Waals surface area contributed by atoms with E-state index in [2.05, 4.69) is 17.6 Å². The van der Waals surface area contributed by atoms with Crippen LogP contribution in [-0.2, 0) is 6.42 Å². The van der Waals surface area contributed by atoms with E-state index in [0.29, 0.717) is 0 Å². The maximum atomic E-state index is 4.00. The van der Waals surface area contributed by atoms with Gasteiger partial charge in [0.1, 0.15) is 0 Å². The van der Waals surface area contributed by atoms with Crippen molar-refractivity contribution in [1.82, 2.24) is 4.98 Å². The molecule has 1 heterocycles. The number of hydrogen-bond donors (Lipinski definition) is 0. The van der Waals surface area contributed by atoms with Gasteiger partial charge in [0.05, 0.1) is 0 Å². The first-order chi connectivity index (χ1) is 4.79. The molecule has 0 bridgehead atoms. The van der Waals surface area contributed by atoms with Crippen LogP contribution in [0.15, 0.2) is 36.7 Å². The summed E-state index contributed by atoms with van der Waals surface area (Å²) in [6.45, 7) is 5.84. The third-order valence-corrected chi connectivity index (χ3v) is 1.23. The topological polar surface area (TPSA) is 12.9 Å². The summed E-state index contributed by atoms with van der Waals surface area (Å²) < 4.78 is 0. The van der Waals surface area contributed by atoms with Gasteiger partial charge in [-0.15, -0.1) is 0 Å². The molecule has 0 radical (unpaired) electrons. The molecule has 0 aliphatic rings. The van der Waals surface area contributed by atoms with Crippen LogP contribution in [0.25, 0.3) is 0 Å². The zero-order chi connectivity index (χ0) is 7.40.